The standard InChI is InChI=1S/C14H28N2/c1-3-15-8-12(2)9-16(10-13-4-5-13)11-14-6-7-14/h12-15H,3-11H2,1-2H3. The van der Waals surface area contributed by atoms with Gasteiger partial charge in [-0.15, -0.1) is 0 Å². The fourth-order valence-corrected chi connectivity index (χ4v) is 2.45. The van der Waals surface area contributed by atoms with Gasteiger partial charge in [0.05, 0.1) is 0 Å². The van der Waals surface area contributed by atoms with Crippen LogP contribution in [0.3, 0.4) is 0 Å². The van der Waals surface area contributed by atoms with Gasteiger partial charge in [-0.3, -0.25) is 0 Å². The van der Waals surface area contributed by atoms with E-state index in [1.54, 1.807) is 0 Å². The molecular formula is C14H28N2. The van der Waals surface area contributed by atoms with E-state index in [0.29, 0.717) is 0 Å². The van der Waals surface area contributed by atoms with Gasteiger partial charge in [0.2, 0.25) is 0 Å². The Kier molecular flexibility index (Phi) is 4.66. The van der Waals surface area contributed by atoms with Crippen LogP contribution in [0.25, 0.3) is 0 Å². The van der Waals surface area contributed by atoms with E-state index in [9.17, 15) is 0 Å². The summed E-state index contributed by atoms with van der Waals surface area (Å²) in [6.45, 7) is 10.9. The number of nitrogens with one attached hydrogen (secondary N) is 1. The van der Waals surface area contributed by atoms with Gasteiger partial charge in [-0.2, -0.15) is 0 Å². The number of hydrogen-bond donors (Lipinski definition) is 1. The molecule has 0 aromatic rings. The highest BCUT2D eigenvalue weighted by molar-refractivity contribution is 4.83. The Bertz CT molecular complexity index is 183. The predicted octanol–water partition coefficient (Wildman–Crippen LogP) is 2.35. The Morgan fingerprint density at radius 3 is 2.12 bits per heavy atom. The van der Waals surface area contributed by atoms with Crippen molar-refractivity contribution >= 4 is 0 Å². The first-order valence-electron chi connectivity index (χ1n) is 7.21. The second-order valence-electron chi connectivity index (χ2n) is 6.02. The number of hydrogen-bond acceptors (Lipinski definition) is 2. The summed E-state index contributed by atoms with van der Waals surface area (Å²) < 4.78 is 0. The molecule has 2 nitrogen and oxygen atoms in total. The minimum Gasteiger partial charge on any atom is -0.317 e. The summed E-state index contributed by atoms with van der Waals surface area (Å²) in [7, 11) is 0. The molecule has 0 radical (unpaired) electrons. The van der Waals surface area contributed by atoms with Gasteiger partial charge in [-0.25, -0.2) is 0 Å². The summed E-state index contributed by atoms with van der Waals surface area (Å²) in [5.74, 6) is 2.90. The lowest BCUT2D eigenvalue weighted by molar-refractivity contribution is 0.218. The lowest BCUT2D eigenvalue weighted by Gasteiger charge is -2.25. The second kappa shape index (κ2) is 6.02. The third-order valence-corrected chi connectivity index (χ3v) is 3.74. The third kappa shape index (κ3) is 4.84. The number of rotatable bonds is 9. The highest BCUT2D eigenvalue weighted by Crippen LogP contribution is 2.33. The van der Waals surface area contributed by atoms with Crippen molar-refractivity contribution in [3.8, 4) is 0 Å². The molecule has 94 valence electrons. The zero-order chi connectivity index (χ0) is 11.4. The van der Waals surface area contributed by atoms with Crippen molar-refractivity contribution < 1.29 is 0 Å². The first-order valence-corrected chi connectivity index (χ1v) is 7.21. The molecule has 0 spiro atoms. The summed E-state index contributed by atoms with van der Waals surface area (Å²) in [5, 5.41) is 3.46. The molecule has 1 unspecified atom stereocenters. The summed E-state index contributed by atoms with van der Waals surface area (Å²) >= 11 is 0. The van der Waals surface area contributed by atoms with Crippen LogP contribution in [0.4, 0.5) is 0 Å². The van der Waals surface area contributed by atoms with Crippen molar-refractivity contribution in [1.29, 1.82) is 0 Å². The van der Waals surface area contributed by atoms with Crippen molar-refractivity contribution in [2.45, 2.75) is 39.5 Å². The smallest absolute Gasteiger partial charge is 0.00194 e. The highest BCUT2D eigenvalue weighted by Gasteiger charge is 2.29. The van der Waals surface area contributed by atoms with Gasteiger partial charge in [-0.05, 0) is 56.5 Å². The highest BCUT2D eigenvalue weighted by atomic mass is 15.1. The summed E-state index contributed by atoms with van der Waals surface area (Å²) in [6, 6.07) is 0. The minimum absolute atomic E-state index is 0.803. The van der Waals surface area contributed by atoms with Gasteiger partial charge >= 0.3 is 0 Å². The zero-order valence-electron chi connectivity index (χ0n) is 11.0. The van der Waals surface area contributed by atoms with E-state index in [0.717, 1.165) is 24.3 Å². The second-order valence-corrected chi connectivity index (χ2v) is 6.02. The molecule has 0 aromatic carbocycles. The van der Waals surface area contributed by atoms with E-state index in [2.05, 4.69) is 24.1 Å². The Morgan fingerprint density at radius 2 is 1.69 bits per heavy atom. The first-order chi connectivity index (χ1) is 7.78. The monoisotopic (exact) mass is 224 g/mol. The Morgan fingerprint density at radius 1 is 1.12 bits per heavy atom. The molecule has 0 saturated heterocycles. The molecule has 0 bridgehead atoms. The van der Waals surface area contributed by atoms with Crippen molar-refractivity contribution in [3.05, 3.63) is 0 Å². The maximum Gasteiger partial charge on any atom is 0.00194 e. The van der Waals surface area contributed by atoms with E-state index < -0.39 is 0 Å². The van der Waals surface area contributed by atoms with Crippen LogP contribution in [0.5, 0.6) is 0 Å². The Balaban J connectivity index is 1.66. The molecule has 2 saturated carbocycles. The zero-order valence-corrected chi connectivity index (χ0v) is 11.0. The van der Waals surface area contributed by atoms with Crippen molar-refractivity contribution in [1.82, 2.24) is 10.2 Å². The number of nitrogens with zero attached hydrogens (tertiary/aromatic N) is 1. The molecule has 0 aliphatic heterocycles. The molecule has 2 aliphatic carbocycles. The molecular weight excluding hydrogens is 196 g/mol. The van der Waals surface area contributed by atoms with E-state index in [1.165, 1.54) is 51.9 Å². The molecule has 0 amide bonds. The normalized spacial score (nSPS) is 22.7. The average Bonchev–Trinajstić information content (AvgIpc) is 3.10. The van der Waals surface area contributed by atoms with Crippen LogP contribution in [0.1, 0.15) is 39.5 Å². The summed E-state index contributed by atoms with van der Waals surface area (Å²) in [4.78, 5) is 2.75. The third-order valence-electron chi connectivity index (χ3n) is 3.74. The average molecular weight is 224 g/mol. The van der Waals surface area contributed by atoms with E-state index in [1.807, 2.05) is 0 Å². The van der Waals surface area contributed by atoms with Gasteiger partial charge in [0.1, 0.15) is 0 Å². The summed E-state index contributed by atoms with van der Waals surface area (Å²) in [5.41, 5.74) is 0. The van der Waals surface area contributed by atoms with Crippen LogP contribution in [0.15, 0.2) is 0 Å². The molecule has 2 aliphatic rings. The molecule has 0 aromatic heterocycles. The van der Waals surface area contributed by atoms with Crippen molar-refractivity contribution in [3.63, 3.8) is 0 Å². The fraction of sp³-hybridized carbons (Fsp3) is 1.00. The van der Waals surface area contributed by atoms with Gasteiger partial charge in [0.25, 0.3) is 0 Å². The van der Waals surface area contributed by atoms with Gasteiger partial charge < -0.3 is 10.2 Å². The predicted molar refractivity (Wildman–Crippen MR) is 69.6 cm³/mol. The van der Waals surface area contributed by atoms with Crippen LogP contribution in [-0.4, -0.2) is 37.6 Å². The van der Waals surface area contributed by atoms with Crippen LogP contribution < -0.4 is 5.32 Å². The molecule has 16 heavy (non-hydrogen) atoms. The minimum atomic E-state index is 0.803. The largest absolute Gasteiger partial charge is 0.317 e. The van der Waals surface area contributed by atoms with Crippen molar-refractivity contribution in [2.75, 3.05) is 32.7 Å². The lowest BCUT2D eigenvalue weighted by Crippen LogP contribution is -2.36. The quantitative estimate of drug-likeness (QED) is 0.647. The van der Waals surface area contributed by atoms with Crippen molar-refractivity contribution in [2.24, 2.45) is 17.8 Å². The first kappa shape index (κ1) is 12.4. The molecule has 2 rings (SSSR count). The Labute approximate surface area is 101 Å². The van der Waals surface area contributed by atoms with E-state index in [-0.39, 0.29) is 0 Å². The Hall–Kier alpha value is -0.0800. The van der Waals surface area contributed by atoms with Crippen LogP contribution >= 0.6 is 0 Å². The SMILES string of the molecule is CCNCC(C)CN(CC1CC1)CC1CC1. The van der Waals surface area contributed by atoms with E-state index in [4.69, 9.17) is 0 Å². The van der Waals surface area contributed by atoms with Gasteiger partial charge in [0, 0.05) is 19.6 Å². The van der Waals surface area contributed by atoms with Crippen LogP contribution in [0.2, 0.25) is 0 Å². The maximum atomic E-state index is 3.46. The topological polar surface area (TPSA) is 15.3 Å². The fourth-order valence-electron chi connectivity index (χ4n) is 2.45. The lowest BCUT2D eigenvalue weighted by atomic mass is 10.1. The van der Waals surface area contributed by atoms with Crippen LogP contribution in [-0.2, 0) is 0 Å². The molecule has 0 heterocycles. The molecule has 2 fully saturated rings. The molecule has 2 heteroatoms. The van der Waals surface area contributed by atoms with Gasteiger partial charge in [0.15, 0.2) is 0 Å². The van der Waals surface area contributed by atoms with Gasteiger partial charge in [-0.1, -0.05) is 13.8 Å². The maximum absolute atomic E-state index is 3.46. The molecule has 1 atom stereocenters. The summed E-state index contributed by atoms with van der Waals surface area (Å²) in [6.07, 6.45) is 5.96. The van der Waals surface area contributed by atoms with Crippen LogP contribution in [0, 0.1) is 17.8 Å². The van der Waals surface area contributed by atoms with E-state index >= 15 is 0 Å². The molecule has 1 N–H and O–H groups in total.